The molecule has 0 fully saturated rings. The number of nitrogens with zero attached hydrogens (tertiary/aromatic N) is 4. The highest BCUT2D eigenvalue weighted by Crippen LogP contribution is 2.36. The number of rotatable bonds is 6. The molecule has 5 rings (SSSR count). The van der Waals surface area contributed by atoms with Gasteiger partial charge in [0.25, 0.3) is 5.56 Å². The van der Waals surface area contributed by atoms with E-state index in [2.05, 4.69) is 20.6 Å². The summed E-state index contributed by atoms with van der Waals surface area (Å²) < 4.78 is 15.7. The maximum Gasteiger partial charge on any atom is 0.277 e. The minimum Gasteiger partial charge on any atom is -0.376 e. The first-order chi connectivity index (χ1) is 16.9. The van der Waals surface area contributed by atoms with Crippen molar-refractivity contribution in [2.24, 2.45) is 0 Å². The van der Waals surface area contributed by atoms with E-state index in [4.69, 9.17) is 0 Å². The van der Waals surface area contributed by atoms with Crippen molar-refractivity contribution in [3.63, 3.8) is 0 Å². The summed E-state index contributed by atoms with van der Waals surface area (Å²) >= 11 is 1.61. The minimum absolute atomic E-state index is 0.116. The number of hydrogen-bond donors (Lipinski definition) is 2. The molecule has 1 aromatic carbocycles. The zero-order chi connectivity index (χ0) is 24.5. The molecule has 4 aromatic rings. The number of aryl methyl sites for hydroxylation is 1. The number of fused-ring (bicyclic) bond motifs is 2. The van der Waals surface area contributed by atoms with Crippen molar-refractivity contribution in [1.29, 1.82) is 0 Å². The van der Waals surface area contributed by atoms with Gasteiger partial charge < -0.3 is 15.5 Å². The molecule has 0 unspecified atom stereocenters. The number of amides is 1. The molecule has 0 saturated heterocycles. The maximum absolute atomic E-state index is 13.3. The van der Waals surface area contributed by atoms with E-state index in [-0.39, 0.29) is 29.9 Å². The van der Waals surface area contributed by atoms with E-state index >= 15 is 0 Å². The third-order valence-electron chi connectivity index (χ3n) is 6.12. The normalized spacial score (nSPS) is 14.9. The highest BCUT2D eigenvalue weighted by molar-refractivity contribution is 7.19. The monoisotopic (exact) mass is 492 g/mol. The van der Waals surface area contributed by atoms with E-state index < -0.39 is 0 Å². The first-order valence-corrected chi connectivity index (χ1v) is 12.1. The van der Waals surface area contributed by atoms with E-state index in [1.54, 1.807) is 29.7 Å². The fourth-order valence-electron chi connectivity index (χ4n) is 4.42. The maximum atomic E-state index is 13.3. The van der Waals surface area contributed by atoms with Gasteiger partial charge in [-0.05, 0) is 36.6 Å². The number of carbonyl (C=O) groups is 1. The van der Waals surface area contributed by atoms with Crippen LogP contribution < -0.4 is 21.1 Å². The largest absolute Gasteiger partial charge is 0.376 e. The molecule has 0 bridgehead atoms. The van der Waals surface area contributed by atoms with E-state index in [9.17, 15) is 14.0 Å². The molecule has 180 valence electrons. The second-order valence-electron chi connectivity index (χ2n) is 8.70. The Balaban J connectivity index is 1.30. The zero-order valence-electron chi connectivity index (χ0n) is 19.4. The van der Waals surface area contributed by atoms with E-state index in [0.29, 0.717) is 24.3 Å². The van der Waals surface area contributed by atoms with Crippen LogP contribution in [0, 0.1) is 5.82 Å². The SMILES string of the molecule is CN(C)c1c(CNC(=O)Cn2cnc3c(c2=O)N[C@H](c2ccc(F)cc2)CC3)sc2ccncc12. The summed E-state index contributed by atoms with van der Waals surface area (Å²) in [5.74, 6) is -0.579. The average Bonchev–Trinajstić information content (AvgIpc) is 3.24. The van der Waals surface area contributed by atoms with Crippen molar-refractivity contribution in [3.8, 4) is 0 Å². The van der Waals surface area contributed by atoms with Crippen LogP contribution in [-0.2, 0) is 24.3 Å². The lowest BCUT2D eigenvalue weighted by Gasteiger charge is -2.26. The topological polar surface area (TPSA) is 92.2 Å². The van der Waals surface area contributed by atoms with Crippen molar-refractivity contribution in [2.45, 2.75) is 32.0 Å². The first kappa shape index (κ1) is 23.0. The van der Waals surface area contributed by atoms with Crippen molar-refractivity contribution < 1.29 is 9.18 Å². The molecular weight excluding hydrogens is 467 g/mol. The van der Waals surface area contributed by atoms with Crippen molar-refractivity contribution in [3.05, 3.63) is 81.4 Å². The van der Waals surface area contributed by atoms with Crippen LogP contribution in [0.2, 0.25) is 0 Å². The van der Waals surface area contributed by atoms with Gasteiger partial charge >= 0.3 is 0 Å². The number of benzene rings is 1. The van der Waals surface area contributed by atoms with Crippen LogP contribution in [0.1, 0.15) is 28.6 Å². The summed E-state index contributed by atoms with van der Waals surface area (Å²) in [4.78, 5) is 37.5. The molecule has 10 heteroatoms. The van der Waals surface area contributed by atoms with Gasteiger partial charge in [0.05, 0.1) is 30.3 Å². The number of carbonyl (C=O) groups excluding carboxylic acids is 1. The predicted octanol–water partition coefficient (Wildman–Crippen LogP) is 3.47. The molecule has 1 aliphatic rings. The van der Waals surface area contributed by atoms with Crippen LogP contribution in [0.15, 0.2) is 53.8 Å². The summed E-state index contributed by atoms with van der Waals surface area (Å²) in [5, 5.41) is 7.22. The Morgan fingerprint density at radius 1 is 1.29 bits per heavy atom. The molecule has 0 radical (unpaired) electrons. The quantitative estimate of drug-likeness (QED) is 0.428. The molecule has 3 aromatic heterocycles. The molecule has 8 nitrogen and oxygen atoms in total. The molecule has 0 spiro atoms. The Bertz CT molecular complexity index is 1450. The fraction of sp³-hybridized carbons (Fsp3) is 0.280. The van der Waals surface area contributed by atoms with Crippen molar-refractivity contribution in [2.75, 3.05) is 24.3 Å². The van der Waals surface area contributed by atoms with E-state index in [1.807, 2.05) is 31.3 Å². The van der Waals surface area contributed by atoms with Gasteiger partial charge in [-0.1, -0.05) is 12.1 Å². The average molecular weight is 493 g/mol. The summed E-state index contributed by atoms with van der Waals surface area (Å²) in [6, 6.07) is 8.09. The Morgan fingerprint density at radius 3 is 2.86 bits per heavy atom. The van der Waals surface area contributed by atoms with Crippen molar-refractivity contribution in [1.82, 2.24) is 19.9 Å². The van der Waals surface area contributed by atoms with Crippen LogP contribution in [0.4, 0.5) is 15.8 Å². The molecule has 1 aliphatic heterocycles. The smallest absolute Gasteiger partial charge is 0.277 e. The number of pyridine rings is 1. The number of nitrogens with one attached hydrogen (secondary N) is 2. The van der Waals surface area contributed by atoms with Gasteiger partial charge in [0.15, 0.2) is 0 Å². The summed E-state index contributed by atoms with van der Waals surface area (Å²) in [6.07, 6.45) is 6.38. The minimum atomic E-state index is -0.301. The highest BCUT2D eigenvalue weighted by atomic mass is 32.1. The van der Waals surface area contributed by atoms with Gasteiger partial charge in [0.2, 0.25) is 5.91 Å². The summed E-state index contributed by atoms with van der Waals surface area (Å²) in [6.45, 7) is 0.218. The lowest BCUT2D eigenvalue weighted by Crippen LogP contribution is -2.35. The van der Waals surface area contributed by atoms with Gasteiger partial charge in [-0.2, -0.15) is 0 Å². The standard InChI is InChI=1S/C25H25FN6O2S/c1-31(2)24-17-11-27-10-9-20(17)35-21(24)12-28-22(33)13-32-14-29-19-8-7-18(30-23(19)25(32)34)15-3-5-16(26)6-4-15/h3-6,9-11,14,18,30H,7-8,12-13H2,1-2H3,(H,28,33)/t18-/m0/s1. The van der Waals surface area contributed by atoms with Gasteiger partial charge in [-0.3, -0.25) is 19.1 Å². The lowest BCUT2D eigenvalue weighted by molar-refractivity contribution is -0.121. The lowest BCUT2D eigenvalue weighted by atomic mass is 9.96. The zero-order valence-corrected chi connectivity index (χ0v) is 20.2. The van der Waals surface area contributed by atoms with Gasteiger partial charge in [-0.15, -0.1) is 11.3 Å². The molecule has 2 N–H and O–H groups in total. The van der Waals surface area contributed by atoms with Crippen LogP contribution in [0.5, 0.6) is 0 Å². The van der Waals surface area contributed by atoms with Gasteiger partial charge in [0, 0.05) is 41.5 Å². The molecule has 0 saturated carbocycles. The highest BCUT2D eigenvalue weighted by Gasteiger charge is 2.24. The Morgan fingerprint density at radius 2 is 2.09 bits per heavy atom. The number of thiophene rings is 1. The third-order valence-corrected chi connectivity index (χ3v) is 7.28. The molecular formula is C25H25FN6O2S. The van der Waals surface area contributed by atoms with E-state index in [0.717, 1.165) is 32.6 Å². The van der Waals surface area contributed by atoms with E-state index in [1.165, 1.54) is 23.0 Å². The fourth-order valence-corrected chi connectivity index (χ4v) is 5.61. The number of aromatic nitrogens is 3. The van der Waals surface area contributed by atoms with Gasteiger partial charge in [0.1, 0.15) is 18.0 Å². The van der Waals surface area contributed by atoms with Crippen LogP contribution >= 0.6 is 11.3 Å². The first-order valence-electron chi connectivity index (χ1n) is 11.3. The molecule has 1 atom stereocenters. The van der Waals surface area contributed by atoms with Crippen LogP contribution in [0.25, 0.3) is 10.1 Å². The third kappa shape index (κ3) is 4.61. The Labute approximate surface area is 205 Å². The summed E-state index contributed by atoms with van der Waals surface area (Å²) in [5.41, 5.74) is 2.72. The number of halogens is 1. The molecule has 4 heterocycles. The number of hydrogen-bond acceptors (Lipinski definition) is 7. The van der Waals surface area contributed by atoms with Gasteiger partial charge in [-0.25, -0.2) is 9.37 Å². The molecule has 1 amide bonds. The van der Waals surface area contributed by atoms with Crippen LogP contribution in [-0.4, -0.2) is 34.5 Å². The Hall–Kier alpha value is -3.79. The van der Waals surface area contributed by atoms with Crippen LogP contribution in [0.3, 0.4) is 0 Å². The molecule has 0 aliphatic carbocycles. The second-order valence-corrected chi connectivity index (χ2v) is 9.84. The number of anilines is 2. The van der Waals surface area contributed by atoms with Crippen molar-refractivity contribution >= 4 is 38.7 Å². The Kier molecular flexibility index (Phi) is 6.21. The second kappa shape index (κ2) is 9.46. The molecule has 35 heavy (non-hydrogen) atoms. The summed E-state index contributed by atoms with van der Waals surface area (Å²) in [7, 11) is 3.93. The predicted molar refractivity (Wildman–Crippen MR) is 135 cm³/mol.